The number of carbonyl (C=O) groups excluding carboxylic acids is 1. The van der Waals surface area contributed by atoms with Gasteiger partial charge in [-0.3, -0.25) is 4.79 Å². The molecule has 2 aromatic rings. The Bertz CT molecular complexity index is 880. The molecule has 0 aliphatic carbocycles. The Hall–Kier alpha value is -2.24. The summed E-state index contributed by atoms with van der Waals surface area (Å²) in [4.78, 5) is 23.6. The van der Waals surface area contributed by atoms with Gasteiger partial charge in [-0.2, -0.15) is 4.72 Å². The van der Waals surface area contributed by atoms with Gasteiger partial charge in [0.1, 0.15) is 15.5 Å². The van der Waals surface area contributed by atoms with Crippen LogP contribution >= 0.6 is 11.3 Å². The lowest BCUT2D eigenvalue weighted by atomic mass is 10.3. The molecular formula is C14H17N3O6S2. The van der Waals surface area contributed by atoms with E-state index >= 15 is 0 Å². The van der Waals surface area contributed by atoms with Crippen LogP contribution in [0.1, 0.15) is 32.9 Å². The van der Waals surface area contributed by atoms with Crippen molar-refractivity contribution in [3.8, 4) is 0 Å². The highest BCUT2D eigenvalue weighted by molar-refractivity contribution is 7.89. The maximum atomic E-state index is 12.3. The van der Waals surface area contributed by atoms with Crippen molar-refractivity contribution in [2.75, 3.05) is 0 Å². The number of amides is 1. The van der Waals surface area contributed by atoms with Crippen LogP contribution < -0.4 is 10.0 Å². The summed E-state index contributed by atoms with van der Waals surface area (Å²) < 4.78 is 31.8. The number of thiophene rings is 1. The predicted octanol–water partition coefficient (Wildman–Crippen LogP) is 1.03. The van der Waals surface area contributed by atoms with Crippen LogP contribution in [0.3, 0.4) is 0 Å². The van der Waals surface area contributed by atoms with Gasteiger partial charge < -0.3 is 14.9 Å². The predicted molar refractivity (Wildman–Crippen MR) is 88.9 cm³/mol. The standard InChI is InChI=1S/C14H17N3O6S2/c1-7-12(9(3)23-16-7)25(21,22)17-8(2)13(18)15-6-10-4-5-11(24-10)14(19)20/h4-5,8,17H,6H2,1-3H3,(H,15,18)(H,19,20). The first-order valence-electron chi connectivity index (χ1n) is 7.16. The first-order chi connectivity index (χ1) is 11.6. The maximum absolute atomic E-state index is 12.3. The number of aromatic nitrogens is 1. The molecule has 0 aliphatic heterocycles. The molecule has 0 radical (unpaired) electrons. The molecule has 1 atom stereocenters. The van der Waals surface area contributed by atoms with Crippen molar-refractivity contribution in [3.63, 3.8) is 0 Å². The SMILES string of the molecule is Cc1noc(C)c1S(=O)(=O)NC(C)C(=O)NCc1ccc(C(=O)O)s1. The molecule has 0 aliphatic rings. The van der Waals surface area contributed by atoms with Crippen molar-refractivity contribution in [3.05, 3.63) is 33.3 Å². The number of hydrogen-bond donors (Lipinski definition) is 3. The van der Waals surface area contributed by atoms with E-state index in [9.17, 15) is 18.0 Å². The van der Waals surface area contributed by atoms with Crippen LogP contribution in [0, 0.1) is 13.8 Å². The molecule has 11 heteroatoms. The van der Waals surface area contributed by atoms with Gasteiger partial charge in [0.25, 0.3) is 0 Å². The number of carboxylic acid groups (broad SMARTS) is 1. The number of nitrogens with one attached hydrogen (secondary N) is 2. The van der Waals surface area contributed by atoms with E-state index in [1.165, 1.54) is 26.8 Å². The second kappa shape index (κ2) is 7.33. The van der Waals surface area contributed by atoms with E-state index in [1.807, 2.05) is 0 Å². The van der Waals surface area contributed by atoms with Crippen molar-refractivity contribution in [1.82, 2.24) is 15.2 Å². The number of sulfonamides is 1. The van der Waals surface area contributed by atoms with Gasteiger partial charge in [0.15, 0.2) is 5.76 Å². The number of rotatable bonds is 7. The van der Waals surface area contributed by atoms with E-state index in [0.29, 0.717) is 4.88 Å². The summed E-state index contributed by atoms with van der Waals surface area (Å²) in [6.07, 6.45) is 0. The fourth-order valence-corrected chi connectivity index (χ4v) is 4.44. The quantitative estimate of drug-likeness (QED) is 0.645. The first kappa shape index (κ1) is 19.1. The van der Waals surface area contributed by atoms with E-state index in [1.54, 1.807) is 6.07 Å². The Kier molecular flexibility index (Phi) is 5.60. The molecule has 1 amide bonds. The summed E-state index contributed by atoms with van der Waals surface area (Å²) in [6, 6.07) is 2.00. The fourth-order valence-electron chi connectivity index (χ4n) is 2.12. The third-order valence-electron chi connectivity index (χ3n) is 3.27. The third-order valence-corrected chi connectivity index (χ3v) is 6.13. The van der Waals surface area contributed by atoms with Gasteiger partial charge in [0.05, 0.1) is 12.6 Å². The van der Waals surface area contributed by atoms with Gasteiger partial charge in [0.2, 0.25) is 15.9 Å². The Morgan fingerprint density at radius 3 is 2.56 bits per heavy atom. The molecule has 0 saturated carbocycles. The molecule has 0 bridgehead atoms. The lowest BCUT2D eigenvalue weighted by molar-refractivity contribution is -0.122. The van der Waals surface area contributed by atoms with Crippen LogP contribution in [0.4, 0.5) is 0 Å². The lowest BCUT2D eigenvalue weighted by Crippen LogP contribution is -2.44. The van der Waals surface area contributed by atoms with E-state index < -0.39 is 27.9 Å². The number of aryl methyl sites for hydroxylation is 2. The molecule has 0 fully saturated rings. The van der Waals surface area contributed by atoms with Gasteiger partial charge in [-0.05, 0) is 32.9 Å². The van der Waals surface area contributed by atoms with Crippen molar-refractivity contribution >= 4 is 33.2 Å². The van der Waals surface area contributed by atoms with Crippen LogP contribution in [0.5, 0.6) is 0 Å². The Balaban J connectivity index is 1.99. The lowest BCUT2D eigenvalue weighted by Gasteiger charge is -2.14. The minimum atomic E-state index is -3.95. The highest BCUT2D eigenvalue weighted by Gasteiger charge is 2.28. The van der Waals surface area contributed by atoms with Crippen LogP contribution in [-0.2, 0) is 21.4 Å². The summed E-state index contributed by atoms with van der Waals surface area (Å²) in [5, 5.41) is 15.0. The summed E-state index contributed by atoms with van der Waals surface area (Å²) in [7, 11) is -3.95. The average molecular weight is 387 g/mol. The minimum absolute atomic E-state index is 0.0866. The van der Waals surface area contributed by atoms with E-state index in [-0.39, 0.29) is 27.8 Å². The highest BCUT2D eigenvalue weighted by Crippen LogP contribution is 2.19. The number of carboxylic acids is 1. The molecule has 0 spiro atoms. The van der Waals surface area contributed by atoms with Gasteiger partial charge >= 0.3 is 5.97 Å². The molecule has 0 aromatic carbocycles. The van der Waals surface area contributed by atoms with Crippen LogP contribution in [0.25, 0.3) is 0 Å². The highest BCUT2D eigenvalue weighted by atomic mass is 32.2. The second-order valence-electron chi connectivity index (χ2n) is 5.29. The van der Waals surface area contributed by atoms with E-state index in [4.69, 9.17) is 9.63 Å². The zero-order chi connectivity index (χ0) is 18.8. The summed E-state index contributed by atoms with van der Waals surface area (Å²) in [6.45, 7) is 4.47. The molecule has 25 heavy (non-hydrogen) atoms. The zero-order valence-electron chi connectivity index (χ0n) is 13.7. The Morgan fingerprint density at radius 1 is 1.36 bits per heavy atom. The molecular weight excluding hydrogens is 370 g/mol. The molecule has 3 N–H and O–H groups in total. The number of nitrogens with zero attached hydrogens (tertiary/aromatic N) is 1. The maximum Gasteiger partial charge on any atom is 0.345 e. The number of carbonyl (C=O) groups is 2. The number of hydrogen-bond acceptors (Lipinski definition) is 7. The monoisotopic (exact) mass is 387 g/mol. The average Bonchev–Trinajstić information content (AvgIpc) is 3.11. The van der Waals surface area contributed by atoms with E-state index in [0.717, 1.165) is 11.3 Å². The molecule has 0 saturated heterocycles. The van der Waals surface area contributed by atoms with Crippen molar-refractivity contribution in [2.45, 2.75) is 38.3 Å². The Labute approximate surface area is 148 Å². The Morgan fingerprint density at radius 2 is 2.04 bits per heavy atom. The summed E-state index contributed by atoms with van der Waals surface area (Å²) in [5.74, 6) is -1.44. The molecule has 2 rings (SSSR count). The normalized spacial score (nSPS) is 12.8. The second-order valence-corrected chi connectivity index (χ2v) is 8.10. The van der Waals surface area contributed by atoms with Gasteiger partial charge in [-0.25, -0.2) is 13.2 Å². The fraction of sp³-hybridized carbons (Fsp3) is 0.357. The molecule has 136 valence electrons. The summed E-state index contributed by atoms with van der Waals surface area (Å²) >= 11 is 1.04. The smallest absolute Gasteiger partial charge is 0.345 e. The van der Waals surface area contributed by atoms with Crippen molar-refractivity contribution in [2.24, 2.45) is 0 Å². The molecule has 2 heterocycles. The van der Waals surface area contributed by atoms with Gasteiger partial charge in [-0.1, -0.05) is 5.16 Å². The largest absolute Gasteiger partial charge is 0.477 e. The van der Waals surface area contributed by atoms with Crippen LogP contribution in [0.15, 0.2) is 21.6 Å². The third kappa shape index (κ3) is 4.44. The zero-order valence-corrected chi connectivity index (χ0v) is 15.3. The van der Waals surface area contributed by atoms with Gasteiger partial charge in [-0.15, -0.1) is 11.3 Å². The molecule has 1 unspecified atom stereocenters. The van der Waals surface area contributed by atoms with Crippen LogP contribution in [0.2, 0.25) is 0 Å². The van der Waals surface area contributed by atoms with Gasteiger partial charge in [0, 0.05) is 4.88 Å². The number of aromatic carboxylic acids is 1. The van der Waals surface area contributed by atoms with Crippen molar-refractivity contribution in [1.29, 1.82) is 0 Å². The first-order valence-corrected chi connectivity index (χ1v) is 9.46. The van der Waals surface area contributed by atoms with E-state index in [2.05, 4.69) is 15.2 Å². The summed E-state index contributed by atoms with van der Waals surface area (Å²) in [5.41, 5.74) is 0.206. The van der Waals surface area contributed by atoms with Crippen LogP contribution in [-0.4, -0.2) is 36.6 Å². The molecule has 2 aromatic heterocycles. The minimum Gasteiger partial charge on any atom is -0.477 e. The topological polar surface area (TPSA) is 139 Å². The van der Waals surface area contributed by atoms with Crippen molar-refractivity contribution < 1.29 is 27.6 Å². The molecule has 9 nitrogen and oxygen atoms in total.